The van der Waals surface area contributed by atoms with Gasteiger partial charge in [0, 0.05) is 36.8 Å². The molecule has 0 bridgehead atoms. The molecule has 2 aliphatic rings. The van der Waals surface area contributed by atoms with Gasteiger partial charge >= 0.3 is 0 Å². The fourth-order valence-electron chi connectivity index (χ4n) is 3.47. The largest absolute Gasteiger partial charge is 0.477 e. The van der Waals surface area contributed by atoms with E-state index in [1.54, 1.807) is 36.5 Å². The van der Waals surface area contributed by atoms with Crippen LogP contribution in [-0.4, -0.2) is 43.8 Å². The van der Waals surface area contributed by atoms with Crippen molar-refractivity contribution in [2.45, 2.75) is 17.7 Å². The number of aromatic nitrogens is 1. The van der Waals surface area contributed by atoms with Crippen LogP contribution in [0.25, 0.3) is 0 Å². The van der Waals surface area contributed by atoms with Gasteiger partial charge < -0.3 is 9.64 Å². The van der Waals surface area contributed by atoms with E-state index in [9.17, 15) is 8.42 Å². The van der Waals surface area contributed by atoms with Gasteiger partial charge in [-0.1, -0.05) is 12.1 Å². The highest BCUT2D eigenvalue weighted by molar-refractivity contribution is 7.90. The summed E-state index contributed by atoms with van der Waals surface area (Å²) in [4.78, 5) is 6.43. The van der Waals surface area contributed by atoms with Gasteiger partial charge in [-0.2, -0.15) is 13.7 Å². The van der Waals surface area contributed by atoms with Gasteiger partial charge in [-0.05, 0) is 31.0 Å². The number of hydrogen-bond acceptors (Lipinski definition) is 6. The van der Waals surface area contributed by atoms with Crippen molar-refractivity contribution in [3.63, 3.8) is 0 Å². The van der Waals surface area contributed by atoms with Crippen molar-refractivity contribution in [1.29, 1.82) is 5.26 Å². The number of likely N-dealkylation sites (tertiary alicyclic amines) is 1. The number of ether oxygens (including phenoxy) is 1. The van der Waals surface area contributed by atoms with Crippen molar-refractivity contribution in [2.24, 2.45) is 10.3 Å². The molecule has 138 valence electrons. The molecule has 8 heteroatoms. The fourth-order valence-corrected chi connectivity index (χ4v) is 4.70. The average molecular weight is 382 g/mol. The van der Waals surface area contributed by atoms with Crippen molar-refractivity contribution in [3.05, 3.63) is 53.7 Å². The smallest absolute Gasteiger partial charge is 0.285 e. The predicted octanol–water partition coefficient (Wildman–Crippen LogP) is 2.19. The van der Waals surface area contributed by atoms with Gasteiger partial charge in [0.25, 0.3) is 10.0 Å². The summed E-state index contributed by atoms with van der Waals surface area (Å²) in [5, 5.41) is 8.96. The lowest BCUT2D eigenvalue weighted by molar-refractivity contribution is 0.171. The summed E-state index contributed by atoms with van der Waals surface area (Å²) in [6.07, 6.45) is 3.47. The van der Waals surface area contributed by atoms with E-state index in [4.69, 9.17) is 10.00 Å². The number of nitrogens with zero attached hydrogens (tertiary/aromatic N) is 4. The Kier molecular flexibility index (Phi) is 4.54. The quantitative estimate of drug-likeness (QED) is 0.807. The Morgan fingerprint density at radius 1 is 1.30 bits per heavy atom. The lowest BCUT2D eigenvalue weighted by Crippen LogP contribution is -2.41. The van der Waals surface area contributed by atoms with Crippen molar-refractivity contribution in [1.82, 2.24) is 9.88 Å². The molecule has 3 heterocycles. The predicted molar refractivity (Wildman–Crippen MR) is 98.9 cm³/mol. The zero-order valence-corrected chi connectivity index (χ0v) is 15.4. The second-order valence-corrected chi connectivity index (χ2v) is 8.22. The monoisotopic (exact) mass is 382 g/mol. The number of sulfonamides is 1. The Labute approximate surface area is 158 Å². The van der Waals surface area contributed by atoms with Crippen molar-refractivity contribution >= 4 is 15.9 Å². The summed E-state index contributed by atoms with van der Waals surface area (Å²) in [6.45, 7) is 1.89. The van der Waals surface area contributed by atoms with Crippen LogP contribution in [0.15, 0.2) is 51.9 Å². The molecule has 27 heavy (non-hydrogen) atoms. The number of hydrogen-bond donors (Lipinski definition) is 0. The molecule has 1 fully saturated rings. The molecule has 0 amide bonds. The molecule has 0 aliphatic carbocycles. The molecule has 0 spiro atoms. The Morgan fingerprint density at radius 2 is 2.15 bits per heavy atom. The van der Waals surface area contributed by atoms with Crippen LogP contribution >= 0.6 is 0 Å². The molecule has 2 aliphatic heterocycles. The number of rotatable bonds is 3. The minimum absolute atomic E-state index is 0.226. The normalized spacial score (nSPS) is 20.5. The minimum atomic E-state index is -3.61. The second-order valence-electron chi connectivity index (χ2n) is 6.65. The summed E-state index contributed by atoms with van der Waals surface area (Å²) in [5.41, 5.74) is 1.18. The topological polar surface area (TPSA) is 95.7 Å². The summed E-state index contributed by atoms with van der Waals surface area (Å²) < 4.78 is 34.3. The molecule has 0 saturated carbocycles. The van der Waals surface area contributed by atoms with E-state index in [1.807, 2.05) is 11.0 Å². The molecular formula is C19H18N4O3S. The van der Waals surface area contributed by atoms with Crippen LogP contribution in [0.3, 0.4) is 0 Å². The van der Waals surface area contributed by atoms with Gasteiger partial charge in [0.1, 0.15) is 4.90 Å². The third-order valence-corrected chi connectivity index (χ3v) is 6.09. The van der Waals surface area contributed by atoms with Crippen LogP contribution in [0, 0.1) is 17.2 Å². The summed E-state index contributed by atoms with van der Waals surface area (Å²) in [5.74, 6) is 1.18. The summed E-state index contributed by atoms with van der Waals surface area (Å²) in [7, 11) is -3.61. The van der Waals surface area contributed by atoms with E-state index >= 15 is 0 Å². The first kappa shape index (κ1) is 17.5. The molecule has 1 aromatic carbocycles. The summed E-state index contributed by atoms with van der Waals surface area (Å²) >= 11 is 0. The molecular weight excluding hydrogens is 364 g/mol. The lowest BCUT2D eigenvalue weighted by atomic mass is 9.98. The summed E-state index contributed by atoms with van der Waals surface area (Å²) in [6, 6.07) is 12.2. The third kappa shape index (κ3) is 3.51. The van der Waals surface area contributed by atoms with Gasteiger partial charge in [0.2, 0.25) is 5.88 Å². The lowest BCUT2D eigenvalue weighted by Gasteiger charge is -2.33. The molecule has 1 atom stereocenters. The minimum Gasteiger partial charge on any atom is -0.477 e. The zero-order valence-electron chi connectivity index (χ0n) is 14.6. The van der Waals surface area contributed by atoms with E-state index in [0.717, 1.165) is 19.4 Å². The highest BCUT2D eigenvalue weighted by Gasteiger charge is 2.33. The molecule has 1 aromatic heterocycles. The van der Waals surface area contributed by atoms with Gasteiger partial charge in [-0.25, -0.2) is 4.98 Å². The van der Waals surface area contributed by atoms with Gasteiger partial charge in [-0.3, -0.25) is 0 Å². The van der Waals surface area contributed by atoms with Gasteiger partial charge in [-0.15, -0.1) is 4.40 Å². The van der Waals surface area contributed by atoms with Crippen LogP contribution in [0.4, 0.5) is 0 Å². The molecule has 1 saturated heterocycles. The maximum atomic E-state index is 12.3. The van der Waals surface area contributed by atoms with E-state index in [0.29, 0.717) is 36.0 Å². The first-order valence-electron chi connectivity index (χ1n) is 8.75. The van der Waals surface area contributed by atoms with Gasteiger partial charge in [0.05, 0.1) is 18.2 Å². The first-order chi connectivity index (χ1) is 13.1. The van der Waals surface area contributed by atoms with Crippen molar-refractivity contribution in [3.8, 4) is 11.9 Å². The highest BCUT2D eigenvalue weighted by Crippen LogP contribution is 2.29. The Morgan fingerprint density at radius 3 is 3.00 bits per heavy atom. The van der Waals surface area contributed by atoms with E-state index < -0.39 is 10.0 Å². The van der Waals surface area contributed by atoms with Crippen molar-refractivity contribution < 1.29 is 13.2 Å². The van der Waals surface area contributed by atoms with E-state index in [2.05, 4.69) is 15.5 Å². The molecule has 1 unspecified atom stereocenters. The van der Waals surface area contributed by atoms with Crippen LogP contribution in [0.2, 0.25) is 0 Å². The number of nitriles is 1. The fraction of sp³-hybridized carbons (Fsp3) is 0.316. The van der Waals surface area contributed by atoms with Crippen LogP contribution in [0.5, 0.6) is 5.88 Å². The molecule has 0 N–H and O–H groups in total. The molecule has 4 rings (SSSR count). The number of amidine groups is 1. The average Bonchev–Trinajstić information content (AvgIpc) is 2.98. The van der Waals surface area contributed by atoms with Crippen LogP contribution in [0.1, 0.15) is 24.0 Å². The Balaban J connectivity index is 1.47. The molecule has 0 radical (unpaired) electrons. The van der Waals surface area contributed by atoms with Crippen molar-refractivity contribution in [2.75, 3.05) is 19.7 Å². The molecule has 7 nitrogen and oxygen atoms in total. The highest BCUT2D eigenvalue weighted by atomic mass is 32.2. The maximum Gasteiger partial charge on any atom is 0.285 e. The standard InChI is InChI=1S/C19H18N4O3S/c20-11-14-7-8-21-18(10-14)26-13-15-4-3-9-23(12-15)19-16-5-1-2-6-17(16)27(24,25)22-19/h1-2,5-8,10,15H,3-4,9,12-13H2. The zero-order chi connectivity index (χ0) is 18.9. The maximum absolute atomic E-state index is 12.3. The van der Waals surface area contributed by atoms with Crippen LogP contribution in [-0.2, 0) is 10.0 Å². The number of benzene rings is 1. The Bertz CT molecular complexity index is 1040. The third-order valence-electron chi connectivity index (χ3n) is 4.76. The number of pyridine rings is 1. The number of piperidine rings is 1. The SMILES string of the molecule is N#Cc1ccnc(OCC2CCCN(C3=NS(=O)(=O)c4ccccc43)C2)c1. The van der Waals surface area contributed by atoms with E-state index in [1.165, 1.54) is 0 Å². The molecule has 2 aromatic rings. The van der Waals surface area contributed by atoms with Crippen LogP contribution < -0.4 is 4.74 Å². The van der Waals surface area contributed by atoms with E-state index in [-0.39, 0.29) is 10.8 Å². The van der Waals surface area contributed by atoms with Gasteiger partial charge in [0.15, 0.2) is 5.84 Å². The number of fused-ring (bicyclic) bond motifs is 1. The first-order valence-corrected chi connectivity index (χ1v) is 10.2. The Hall–Kier alpha value is -2.92. The second kappa shape index (κ2) is 7.00.